The van der Waals surface area contributed by atoms with E-state index in [4.69, 9.17) is 0 Å². The van der Waals surface area contributed by atoms with Gasteiger partial charge in [0.15, 0.2) is 0 Å². The summed E-state index contributed by atoms with van der Waals surface area (Å²) in [7, 11) is -3.48. The summed E-state index contributed by atoms with van der Waals surface area (Å²) in [6, 6.07) is 8.07. The number of urea groups is 1. The average molecular weight is 573 g/mol. The number of hydrogen-bond acceptors (Lipinski definition) is 4. The van der Waals surface area contributed by atoms with E-state index >= 15 is 0 Å². The van der Waals surface area contributed by atoms with Gasteiger partial charge in [0.25, 0.3) is 0 Å². The fraction of sp³-hybridized carbons (Fsp3) is 0.742. The van der Waals surface area contributed by atoms with Gasteiger partial charge in [-0.1, -0.05) is 31.2 Å². The van der Waals surface area contributed by atoms with Gasteiger partial charge < -0.3 is 15.1 Å². The second-order valence-corrected chi connectivity index (χ2v) is 15.3. The van der Waals surface area contributed by atoms with Gasteiger partial charge >= 0.3 is 6.03 Å². The van der Waals surface area contributed by atoms with Crippen LogP contribution in [0.5, 0.6) is 0 Å². The molecule has 5 aliphatic rings. The van der Waals surface area contributed by atoms with Gasteiger partial charge in [-0.05, 0) is 101 Å². The molecule has 0 atom stereocenters. The van der Waals surface area contributed by atoms with Crippen LogP contribution < -0.4 is 5.32 Å². The summed E-state index contributed by atoms with van der Waals surface area (Å²) < 4.78 is 26.8. The molecule has 0 unspecified atom stereocenters. The molecule has 0 radical (unpaired) electrons. The Morgan fingerprint density at radius 2 is 1.60 bits per heavy atom. The van der Waals surface area contributed by atoms with Gasteiger partial charge in [0, 0.05) is 37.8 Å². The number of piperidine rings is 1. The molecule has 3 amide bonds. The number of sulfonamides is 1. The SMILES string of the molecule is CCCN(CC(=O)N(Cc1ccccc1C)C1CCN(C(=O)NC23CC4CC(CC(C4)C2)C3)CC1)S(=O)(=O)CC. The zero-order valence-electron chi connectivity index (χ0n) is 24.6. The maximum Gasteiger partial charge on any atom is 0.317 e. The van der Waals surface area contributed by atoms with Crippen LogP contribution >= 0.6 is 0 Å². The number of likely N-dealkylation sites (tertiary alicyclic amines) is 1. The van der Waals surface area contributed by atoms with Crippen molar-refractivity contribution in [3.63, 3.8) is 0 Å². The highest BCUT2D eigenvalue weighted by atomic mass is 32.2. The van der Waals surface area contributed by atoms with Crippen molar-refractivity contribution in [2.24, 2.45) is 17.8 Å². The standard InChI is InChI=1S/C31H48N4O4S/c1-4-12-34(40(38,39)5-2)22-29(36)35(21-27-9-7-6-8-23(27)3)28-10-13-33(14-11-28)30(37)32-31-18-24-15-25(19-31)17-26(16-24)20-31/h6-9,24-26,28H,4-5,10-22H2,1-3H3,(H,32,37). The van der Waals surface area contributed by atoms with Crippen LogP contribution in [-0.2, 0) is 21.4 Å². The first kappa shape index (κ1) is 29.4. The van der Waals surface area contributed by atoms with Crippen molar-refractivity contribution in [2.45, 2.75) is 96.7 Å². The maximum atomic E-state index is 13.8. The molecule has 1 aromatic carbocycles. The van der Waals surface area contributed by atoms with Crippen LogP contribution in [0.1, 0.15) is 82.8 Å². The van der Waals surface area contributed by atoms with Crippen molar-refractivity contribution in [3.05, 3.63) is 35.4 Å². The Kier molecular flexibility index (Phi) is 8.81. The molecule has 222 valence electrons. The quantitative estimate of drug-likeness (QED) is 0.446. The molecule has 0 aromatic heterocycles. The van der Waals surface area contributed by atoms with Gasteiger partial charge in [-0.15, -0.1) is 0 Å². The summed E-state index contributed by atoms with van der Waals surface area (Å²) in [5.74, 6) is 2.16. The highest BCUT2D eigenvalue weighted by Crippen LogP contribution is 2.55. The van der Waals surface area contributed by atoms with Crippen LogP contribution in [0.25, 0.3) is 0 Å². The third-order valence-electron chi connectivity index (χ3n) is 10.1. The van der Waals surface area contributed by atoms with E-state index in [0.29, 0.717) is 45.4 Å². The van der Waals surface area contributed by atoms with E-state index in [1.165, 1.54) is 23.6 Å². The first-order valence-electron chi connectivity index (χ1n) is 15.5. The molecule has 8 nitrogen and oxygen atoms in total. The summed E-state index contributed by atoms with van der Waals surface area (Å²) in [6.07, 6.45) is 9.49. The van der Waals surface area contributed by atoms with E-state index in [1.54, 1.807) is 6.92 Å². The van der Waals surface area contributed by atoms with Gasteiger partial charge in [0.05, 0.1) is 12.3 Å². The van der Waals surface area contributed by atoms with Crippen molar-refractivity contribution in [1.29, 1.82) is 0 Å². The predicted octanol–water partition coefficient (Wildman–Crippen LogP) is 4.53. The average Bonchev–Trinajstić information content (AvgIpc) is 2.91. The lowest BCUT2D eigenvalue weighted by Gasteiger charge is -2.57. The molecular formula is C31H48N4O4S. The Bertz CT molecular complexity index is 1140. The maximum absolute atomic E-state index is 13.8. The first-order valence-corrected chi connectivity index (χ1v) is 17.1. The van der Waals surface area contributed by atoms with Gasteiger partial charge in [0.2, 0.25) is 15.9 Å². The summed E-state index contributed by atoms with van der Waals surface area (Å²) >= 11 is 0. The van der Waals surface area contributed by atoms with E-state index in [0.717, 1.165) is 48.1 Å². The Balaban J connectivity index is 1.25. The zero-order chi connectivity index (χ0) is 28.5. The number of amides is 3. The van der Waals surface area contributed by atoms with Gasteiger partial charge in [-0.3, -0.25) is 4.79 Å². The Labute approximate surface area is 240 Å². The number of aryl methyl sites for hydroxylation is 1. The number of hydrogen-bond donors (Lipinski definition) is 1. The normalized spacial score (nSPS) is 28.2. The molecule has 4 aliphatic carbocycles. The van der Waals surface area contributed by atoms with Gasteiger partial charge in [-0.25, -0.2) is 13.2 Å². The van der Waals surface area contributed by atoms with Crippen molar-refractivity contribution in [2.75, 3.05) is 31.9 Å². The molecule has 0 spiro atoms. The molecule has 1 saturated heterocycles. The van der Waals surface area contributed by atoms with E-state index in [9.17, 15) is 18.0 Å². The molecule has 40 heavy (non-hydrogen) atoms. The largest absolute Gasteiger partial charge is 0.334 e. The molecule has 6 rings (SSSR count). The van der Waals surface area contributed by atoms with Crippen molar-refractivity contribution >= 4 is 22.0 Å². The first-order chi connectivity index (χ1) is 19.1. The van der Waals surface area contributed by atoms with E-state index < -0.39 is 10.0 Å². The number of nitrogens with one attached hydrogen (secondary N) is 1. The fourth-order valence-electron chi connectivity index (χ4n) is 8.33. The molecular weight excluding hydrogens is 524 g/mol. The Morgan fingerprint density at radius 3 is 2.15 bits per heavy atom. The van der Waals surface area contributed by atoms with Crippen LogP contribution in [0.3, 0.4) is 0 Å². The number of carbonyl (C=O) groups excluding carboxylic acids is 2. The Hall–Kier alpha value is -2.13. The molecule has 1 aromatic rings. The lowest BCUT2D eigenvalue weighted by Crippen LogP contribution is -2.62. The van der Waals surface area contributed by atoms with Gasteiger partial charge in [0.1, 0.15) is 0 Å². The molecule has 1 heterocycles. The van der Waals surface area contributed by atoms with Crippen LogP contribution in [0, 0.1) is 24.7 Å². The minimum atomic E-state index is -3.48. The van der Waals surface area contributed by atoms with Crippen molar-refractivity contribution < 1.29 is 18.0 Å². The minimum Gasteiger partial charge on any atom is -0.334 e. The molecule has 4 saturated carbocycles. The summed E-state index contributed by atoms with van der Waals surface area (Å²) in [5, 5.41) is 3.50. The van der Waals surface area contributed by atoms with Crippen LogP contribution in [-0.4, -0.2) is 78.0 Å². The van der Waals surface area contributed by atoms with Gasteiger partial charge in [-0.2, -0.15) is 4.31 Å². The zero-order valence-corrected chi connectivity index (χ0v) is 25.4. The predicted molar refractivity (Wildman–Crippen MR) is 157 cm³/mol. The number of benzene rings is 1. The third-order valence-corrected chi connectivity index (χ3v) is 11.9. The Morgan fingerprint density at radius 1 is 1.00 bits per heavy atom. The lowest BCUT2D eigenvalue weighted by molar-refractivity contribution is -0.135. The summed E-state index contributed by atoms with van der Waals surface area (Å²) in [5.41, 5.74) is 2.17. The minimum absolute atomic E-state index is 0.0109. The second kappa shape index (κ2) is 12.0. The van der Waals surface area contributed by atoms with Crippen molar-refractivity contribution in [1.82, 2.24) is 19.4 Å². The van der Waals surface area contributed by atoms with Crippen LogP contribution in [0.4, 0.5) is 4.79 Å². The highest BCUT2D eigenvalue weighted by molar-refractivity contribution is 7.89. The smallest absolute Gasteiger partial charge is 0.317 e. The topological polar surface area (TPSA) is 90.0 Å². The third kappa shape index (κ3) is 6.35. The molecule has 4 bridgehead atoms. The number of rotatable bonds is 10. The number of carbonyl (C=O) groups is 2. The van der Waals surface area contributed by atoms with E-state index in [1.807, 2.05) is 47.9 Å². The van der Waals surface area contributed by atoms with Crippen LogP contribution in [0.15, 0.2) is 24.3 Å². The fourth-order valence-corrected chi connectivity index (χ4v) is 9.47. The molecule has 1 aliphatic heterocycles. The second-order valence-electron chi connectivity index (χ2n) is 13.0. The summed E-state index contributed by atoms with van der Waals surface area (Å²) in [6.45, 7) is 7.45. The lowest BCUT2D eigenvalue weighted by atomic mass is 9.53. The summed E-state index contributed by atoms with van der Waals surface area (Å²) in [4.78, 5) is 31.0. The molecule has 9 heteroatoms. The van der Waals surface area contributed by atoms with E-state index in [2.05, 4.69) is 5.32 Å². The van der Waals surface area contributed by atoms with Crippen LogP contribution in [0.2, 0.25) is 0 Å². The molecule has 1 N–H and O–H groups in total. The molecule has 5 fully saturated rings. The van der Waals surface area contributed by atoms with Crippen molar-refractivity contribution in [3.8, 4) is 0 Å². The highest BCUT2D eigenvalue weighted by Gasteiger charge is 2.52. The number of nitrogens with zero attached hydrogens (tertiary/aromatic N) is 3. The monoisotopic (exact) mass is 572 g/mol. The van der Waals surface area contributed by atoms with E-state index in [-0.39, 0.29) is 35.8 Å².